The first-order valence-electron chi connectivity index (χ1n) is 6.82. The van der Waals surface area contributed by atoms with Gasteiger partial charge < -0.3 is 5.32 Å². The van der Waals surface area contributed by atoms with E-state index in [1.807, 2.05) is 0 Å². The van der Waals surface area contributed by atoms with Crippen molar-refractivity contribution in [3.8, 4) is 0 Å². The first kappa shape index (κ1) is 12.7. The fourth-order valence-corrected chi connectivity index (χ4v) is 3.24. The number of nitrogens with zero attached hydrogens (tertiary/aromatic N) is 1. The van der Waals surface area contributed by atoms with Crippen LogP contribution in [0.25, 0.3) is 0 Å². The van der Waals surface area contributed by atoms with Crippen molar-refractivity contribution in [1.82, 2.24) is 10.2 Å². The SMILES string of the molecule is CC(CNC1CC1)C(C)N1CCCSCC1. The van der Waals surface area contributed by atoms with Crippen molar-refractivity contribution in [2.75, 3.05) is 31.1 Å². The third kappa shape index (κ3) is 3.94. The maximum atomic E-state index is 3.66. The summed E-state index contributed by atoms with van der Waals surface area (Å²) in [4.78, 5) is 2.69. The van der Waals surface area contributed by atoms with Gasteiger partial charge in [-0.25, -0.2) is 0 Å². The predicted octanol–water partition coefficient (Wildman–Crippen LogP) is 2.20. The molecule has 0 aromatic heterocycles. The summed E-state index contributed by atoms with van der Waals surface area (Å²) in [5, 5.41) is 3.66. The van der Waals surface area contributed by atoms with Crippen LogP contribution in [0.3, 0.4) is 0 Å². The van der Waals surface area contributed by atoms with Crippen molar-refractivity contribution in [2.45, 2.75) is 45.2 Å². The maximum absolute atomic E-state index is 3.66. The van der Waals surface area contributed by atoms with Crippen LogP contribution in [0.1, 0.15) is 33.1 Å². The van der Waals surface area contributed by atoms with E-state index in [0.717, 1.165) is 18.0 Å². The molecule has 0 radical (unpaired) electrons. The molecule has 1 aliphatic carbocycles. The van der Waals surface area contributed by atoms with E-state index in [-0.39, 0.29) is 0 Å². The second-order valence-electron chi connectivity index (χ2n) is 5.40. The summed E-state index contributed by atoms with van der Waals surface area (Å²) < 4.78 is 0. The largest absolute Gasteiger partial charge is 0.314 e. The van der Waals surface area contributed by atoms with E-state index in [1.165, 1.54) is 50.4 Å². The quantitative estimate of drug-likeness (QED) is 0.796. The van der Waals surface area contributed by atoms with E-state index < -0.39 is 0 Å². The summed E-state index contributed by atoms with van der Waals surface area (Å²) in [5.74, 6) is 3.47. The van der Waals surface area contributed by atoms with Crippen LogP contribution >= 0.6 is 11.8 Å². The molecule has 2 unspecified atom stereocenters. The molecule has 16 heavy (non-hydrogen) atoms. The number of nitrogens with one attached hydrogen (secondary N) is 1. The zero-order valence-corrected chi connectivity index (χ0v) is 11.6. The van der Waals surface area contributed by atoms with Gasteiger partial charge in [-0.05, 0) is 50.9 Å². The molecule has 2 atom stereocenters. The van der Waals surface area contributed by atoms with Crippen LogP contribution in [-0.2, 0) is 0 Å². The minimum Gasteiger partial charge on any atom is -0.314 e. The van der Waals surface area contributed by atoms with Crippen LogP contribution in [0.4, 0.5) is 0 Å². The standard InChI is InChI=1S/C13H26N2S/c1-11(10-14-13-4-5-13)12(2)15-6-3-8-16-9-7-15/h11-14H,3-10H2,1-2H3. The molecule has 0 spiro atoms. The van der Waals surface area contributed by atoms with Crippen LogP contribution < -0.4 is 5.32 Å². The molecule has 3 heteroatoms. The van der Waals surface area contributed by atoms with Gasteiger partial charge in [-0.15, -0.1) is 0 Å². The van der Waals surface area contributed by atoms with Crippen molar-refractivity contribution < 1.29 is 0 Å². The van der Waals surface area contributed by atoms with E-state index in [4.69, 9.17) is 0 Å². The minimum absolute atomic E-state index is 0.741. The highest BCUT2D eigenvalue weighted by molar-refractivity contribution is 7.99. The van der Waals surface area contributed by atoms with E-state index in [1.54, 1.807) is 0 Å². The number of thioether (sulfide) groups is 1. The Labute approximate surface area is 105 Å². The molecule has 0 aromatic rings. The van der Waals surface area contributed by atoms with Gasteiger partial charge in [0.15, 0.2) is 0 Å². The van der Waals surface area contributed by atoms with Gasteiger partial charge in [-0.3, -0.25) is 4.90 Å². The van der Waals surface area contributed by atoms with Gasteiger partial charge in [0.2, 0.25) is 0 Å². The lowest BCUT2D eigenvalue weighted by Crippen LogP contribution is -2.42. The topological polar surface area (TPSA) is 15.3 Å². The molecule has 0 bridgehead atoms. The zero-order chi connectivity index (χ0) is 11.4. The number of rotatable bonds is 5. The van der Waals surface area contributed by atoms with Gasteiger partial charge in [-0.2, -0.15) is 11.8 Å². The molecule has 2 nitrogen and oxygen atoms in total. The highest BCUT2D eigenvalue weighted by atomic mass is 32.2. The van der Waals surface area contributed by atoms with E-state index in [9.17, 15) is 0 Å². The Bertz CT molecular complexity index is 198. The minimum atomic E-state index is 0.741. The molecule has 1 aliphatic heterocycles. The van der Waals surface area contributed by atoms with E-state index >= 15 is 0 Å². The summed E-state index contributed by atoms with van der Waals surface area (Å²) in [7, 11) is 0. The molecule has 94 valence electrons. The smallest absolute Gasteiger partial charge is 0.0105 e. The van der Waals surface area contributed by atoms with Gasteiger partial charge in [-0.1, -0.05) is 6.92 Å². The van der Waals surface area contributed by atoms with Gasteiger partial charge in [0, 0.05) is 24.4 Å². The lowest BCUT2D eigenvalue weighted by atomic mass is 10.0. The molecular weight excluding hydrogens is 216 g/mol. The fraction of sp³-hybridized carbons (Fsp3) is 1.00. The molecule has 2 fully saturated rings. The zero-order valence-electron chi connectivity index (χ0n) is 10.7. The second kappa shape index (κ2) is 6.27. The Morgan fingerprint density at radius 2 is 2.06 bits per heavy atom. The average molecular weight is 242 g/mol. The second-order valence-corrected chi connectivity index (χ2v) is 6.63. The number of hydrogen-bond acceptors (Lipinski definition) is 3. The third-order valence-corrected chi connectivity index (χ3v) is 5.01. The molecule has 2 rings (SSSR count). The Morgan fingerprint density at radius 3 is 2.81 bits per heavy atom. The van der Waals surface area contributed by atoms with Crippen LogP contribution in [0.15, 0.2) is 0 Å². The maximum Gasteiger partial charge on any atom is 0.0105 e. The number of hydrogen-bond donors (Lipinski definition) is 1. The van der Waals surface area contributed by atoms with Gasteiger partial charge in [0.05, 0.1) is 0 Å². The van der Waals surface area contributed by atoms with Crippen molar-refractivity contribution in [3.05, 3.63) is 0 Å². The lowest BCUT2D eigenvalue weighted by Gasteiger charge is -2.32. The average Bonchev–Trinajstić information content (AvgIpc) is 3.11. The van der Waals surface area contributed by atoms with Crippen LogP contribution in [0.2, 0.25) is 0 Å². The van der Waals surface area contributed by atoms with Crippen molar-refractivity contribution in [3.63, 3.8) is 0 Å². The summed E-state index contributed by atoms with van der Waals surface area (Å²) in [6.07, 6.45) is 4.18. The van der Waals surface area contributed by atoms with E-state index in [0.29, 0.717) is 0 Å². The molecule has 0 amide bonds. The Morgan fingerprint density at radius 1 is 1.25 bits per heavy atom. The Hall–Kier alpha value is 0.270. The highest BCUT2D eigenvalue weighted by Crippen LogP contribution is 2.21. The molecule has 1 N–H and O–H groups in total. The van der Waals surface area contributed by atoms with Gasteiger partial charge in [0.1, 0.15) is 0 Å². The van der Waals surface area contributed by atoms with Crippen LogP contribution in [-0.4, -0.2) is 48.1 Å². The van der Waals surface area contributed by atoms with Gasteiger partial charge in [0.25, 0.3) is 0 Å². The summed E-state index contributed by atoms with van der Waals surface area (Å²) in [6, 6.07) is 1.60. The normalized spacial score (nSPS) is 27.4. The van der Waals surface area contributed by atoms with Crippen LogP contribution in [0.5, 0.6) is 0 Å². The van der Waals surface area contributed by atoms with Gasteiger partial charge >= 0.3 is 0 Å². The first-order valence-corrected chi connectivity index (χ1v) is 7.98. The van der Waals surface area contributed by atoms with Crippen molar-refractivity contribution in [2.24, 2.45) is 5.92 Å². The summed E-state index contributed by atoms with van der Waals surface area (Å²) in [6.45, 7) is 8.62. The molecular formula is C13H26N2S. The molecule has 1 saturated heterocycles. The summed E-state index contributed by atoms with van der Waals surface area (Å²) in [5.41, 5.74) is 0. The molecule has 1 heterocycles. The third-order valence-electron chi connectivity index (χ3n) is 3.96. The van der Waals surface area contributed by atoms with Crippen molar-refractivity contribution in [1.29, 1.82) is 0 Å². The fourth-order valence-electron chi connectivity index (χ4n) is 2.34. The summed E-state index contributed by atoms with van der Waals surface area (Å²) >= 11 is 2.12. The predicted molar refractivity (Wildman–Crippen MR) is 73.2 cm³/mol. The van der Waals surface area contributed by atoms with Crippen LogP contribution in [0, 0.1) is 5.92 Å². The lowest BCUT2D eigenvalue weighted by molar-refractivity contribution is 0.171. The molecule has 1 saturated carbocycles. The Kier molecular flexibility index (Phi) is 4.98. The Balaban J connectivity index is 1.71. The first-order chi connectivity index (χ1) is 7.77. The monoisotopic (exact) mass is 242 g/mol. The van der Waals surface area contributed by atoms with Crippen molar-refractivity contribution >= 4 is 11.8 Å². The molecule has 2 aliphatic rings. The molecule has 0 aromatic carbocycles. The van der Waals surface area contributed by atoms with E-state index in [2.05, 4.69) is 35.8 Å². The highest BCUT2D eigenvalue weighted by Gasteiger charge is 2.24.